The zero-order chi connectivity index (χ0) is 24.1. The molecule has 2 bridgehead atoms. The molecule has 2 atom stereocenters. The largest absolute Gasteiger partial charge is 0.431 e. The number of halogens is 2. The van der Waals surface area contributed by atoms with Gasteiger partial charge in [-0.3, -0.25) is 4.79 Å². The van der Waals surface area contributed by atoms with E-state index in [9.17, 15) is 13.6 Å². The molecular formula is C23H29F2N7O2. The highest BCUT2D eigenvalue weighted by molar-refractivity contribution is 5.74. The van der Waals surface area contributed by atoms with Gasteiger partial charge in [0.15, 0.2) is 11.6 Å². The Morgan fingerprint density at radius 3 is 2.53 bits per heavy atom. The molecule has 0 unspecified atom stereocenters. The van der Waals surface area contributed by atoms with Gasteiger partial charge in [0, 0.05) is 62.5 Å². The molecule has 9 nitrogen and oxygen atoms in total. The Labute approximate surface area is 196 Å². The number of nitrogen functional groups attached to an aromatic ring is 1. The van der Waals surface area contributed by atoms with Crippen LogP contribution < -0.4 is 20.3 Å². The summed E-state index contributed by atoms with van der Waals surface area (Å²) in [4.78, 5) is 32.1. The number of alkyl halides is 2. The summed E-state index contributed by atoms with van der Waals surface area (Å²) >= 11 is 0. The highest BCUT2D eigenvalue weighted by Gasteiger charge is 2.44. The molecule has 182 valence electrons. The van der Waals surface area contributed by atoms with Gasteiger partial charge in [0.2, 0.25) is 11.9 Å². The minimum Gasteiger partial charge on any atom is -0.431 e. The number of amides is 1. The van der Waals surface area contributed by atoms with E-state index in [1.165, 1.54) is 12.3 Å². The number of pyridine rings is 1. The molecule has 2 N–H and O–H groups in total. The zero-order valence-electron chi connectivity index (χ0n) is 19.5. The number of nitrogens with zero attached hydrogens (tertiary/aromatic N) is 6. The molecule has 4 aliphatic rings. The fraction of sp³-hybridized carbons (Fsp3) is 0.565. The normalized spacial score (nSPS) is 26.1. The predicted molar refractivity (Wildman–Crippen MR) is 124 cm³/mol. The number of carbonyl (C=O) groups excluding carboxylic acids is 1. The summed E-state index contributed by atoms with van der Waals surface area (Å²) in [7, 11) is 0. The Balaban J connectivity index is 1.54. The van der Waals surface area contributed by atoms with Crippen LogP contribution in [0.3, 0.4) is 0 Å². The number of aromatic nitrogens is 3. The van der Waals surface area contributed by atoms with Gasteiger partial charge in [-0.05, 0) is 38.7 Å². The number of piperazine rings is 1. The standard InChI is InChI=1S/C23H29F2N7O2/c1-12-10-31(13(2)9-30(12)14(3)33)20-7-18(16-6-19(34-22(24)25)21(26)27-8-16)28-23(29-20)32-11-15-4-17(32)5-15/h6-8,12-13,15,17,22H,4-5,9-11H2,1-3H3,(H2,26,27)/t12-,13-,15?,17?/m0/s1. The van der Waals surface area contributed by atoms with E-state index in [4.69, 9.17) is 15.7 Å². The van der Waals surface area contributed by atoms with Gasteiger partial charge in [0.1, 0.15) is 5.82 Å². The van der Waals surface area contributed by atoms with Gasteiger partial charge >= 0.3 is 6.61 Å². The van der Waals surface area contributed by atoms with Crippen molar-refractivity contribution in [1.82, 2.24) is 19.9 Å². The van der Waals surface area contributed by atoms with Crippen molar-refractivity contribution in [2.45, 2.75) is 58.3 Å². The van der Waals surface area contributed by atoms with Gasteiger partial charge in [-0.1, -0.05) is 0 Å². The molecule has 1 saturated carbocycles. The molecule has 3 aliphatic heterocycles. The van der Waals surface area contributed by atoms with Gasteiger partial charge in [-0.25, -0.2) is 9.97 Å². The van der Waals surface area contributed by atoms with E-state index >= 15 is 0 Å². The van der Waals surface area contributed by atoms with E-state index in [0.29, 0.717) is 42.3 Å². The first-order valence-corrected chi connectivity index (χ1v) is 11.6. The summed E-state index contributed by atoms with van der Waals surface area (Å²) in [6.45, 7) is 4.81. The average Bonchev–Trinajstić information content (AvgIpc) is 3.37. The average molecular weight is 474 g/mol. The first-order valence-electron chi connectivity index (χ1n) is 11.6. The third-order valence-corrected chi connectivity index (χ3v) is 7.14. The van der Waals surface area contributed by atoms with Crippen LogP contribution in [-0.4, -0.2) is 70.1 Å². The lowest BCUT2D eigenvalue weighted by Gasteiger charge is -2.44. The zero-order valence-corrected chi connectivity index (χ0v) is 19.5. The molecule has 0 aromatic carbocycles. The second-order valence-electron chi connectivity index (χ2n) is 9.56. The minimum absolute atomic E-state index is 0.0272. The van der Waals surface area contributed by atoms with E-state index in [-0.39, 0.29) is 29.6 Å². The van der Waals surface area contributed by atoms with Crippen LogP contribution >= 0.6 is 0 Å². The number of carbonyl (C=O) groups is 1. The topological polar surface area (TPSA) is 101 Å². The summed E-state index contributed by atoms with van der Waals surface area (Å²) in [5, 5.41) is 0. The fourth-order valence-corrected chi connectivity index (χ4v) is 5.29. The van der Waals surface area contributed by atoms with Gasteiger partial charge < -0.3 is 25.2 Å². The summed E-state index contributed by atoms with van der Waals surface area (Å²) < 4.78 is 30.3. The molecule has 4 fully saturated rings. The third kappa shape index (κ3) is 4.07. The molecule has 0 spiro atoms. The Morgan fingerprint density at radius 1 is 1.12 bits per heavy atom. The third-order valence-electron chi connectivity index (χ3n) is 7.14. The van der Waals surface area contributed by atoms with Crippen LogP contribution in [0.15, 0.2) is 18.3 Å². The van der Waals surface area contributed by atoms with Crippen LogP contribution in [0.2, 0.25) is 0 Å². The quantitative estimate of drug-likeness (QED) is 0.708. The van der Waals surface area contributed by atoms with Crippen LogP contribution in [0.5, 0.6) is 5.75 Å². The molecule has 1 aliphatic carbocycles. The Kier molecular flexibility index (Phi) is 5.65. The summed E-state index contributed by atoms with van der Waals surface area (Å²) in [6, 6.07) is 3.79. The van der Waals surface area contributed by atoms with Crippen molar-refractivity contribution in [3.8, 4) is 17.0 Å². The molecule has 34 heavy (non-hydrogen) atoms. The summed E-state index contributed by atoms with van der Waals surface area (Å²) in [5.41, 5.74) is 6.81. The number of fused-ring (bicyclic) bond motifs is 1. The van der Waals surface area contributed by atoms with E-state index < -0.39 is 6.61 Å². The second kappa shape index (κ2) is 8.52. The molecule has 2 aromatic rings. The monoisotopic (exact) mass is 473 g/mol. The van der Waals surface area contributed by atoms with E-state index in [1.54, 1.807) is 6.92 Å². The predicted octanol–water partition coefficient (Wildman–Crippen LogP) is 2.77. The number of hydrogen-bond donors (Lipinski definition) is 1. The minimum atomic E-state index is -3.01. The lowest BCUT2D eigenvalue weighted by molar-refractivity contribution is -0.131. The van der Waals surface area contributed by atoms with E-state index in [1.807, 2.05) is 17.9 Å². The van der Waals surface area contributed by atoms with Crippen LogP contribution in [0, 0.1) is 5.92 Å². The van der Waals surface area contributed by atoms with Crippen molar-refractivity contribution in [2.75, 3.05) is 35.2 Å². The van der Waals surface area contributed by atoms with Crippen LogP contribution in [0.25, 0.3) is 11.3 Å². The van der Waals surface area contributed by atoms with Gasteiger partial charge in [0.05, 0.1) is 5.69 Å². The van der Waals surface area contributed by atoms with Crippen molar-refractivity contribution in [1.29, 1.82) is 0 Å². The molecule has 0 radical (unpaired) electrons. The molecule has 11 heteroatoms. The van der Waals surface area contributed by atoms with Crippen LogP contribution in [0.1, 0.15) is 33.6 Å². The maximum Gasteiger partial charge on any atom is 0.387 e. The van der Waals surface area contributed by atoms with Crippen molar-refractivity contribution >= 4 is 23.5 Å². The number of anilines is 3. The molecule has 5 heterocycles. The van der Waals surface area contributed by atoms with Crippen LogP contribution in [-0.2, 0) is 4.79 Å². The molecular weight excluding hydrogens is 444 g/mol. The smallest absolute Gasteiger partial charge is 0.387 e. The Bertz CT molecular complexity index is 1090. The van der Waals surface area contributed by atoms with Gasteiger partial charge in [-0.2, -0.15) is 13.8 Å². The Hall–Kier alpha value is -3.24. The first kappa shape index (κ1) is 22.5. The van der Waals surface area contributed by atoms with Gasteiger partial charge in [0.25, 0.3) is 0 Å². The van der Waals surface area contributed by atoms with Crippen molar-refractivity contribution < 1.29 is 18.3 Å². The number of ether oxygens (including phenoxy) is 1. The van der Waals surface area contributed by atoms with Crippen molar-refractivity contribution in [3.05, 3.63) is 18.3 Å². The highest BCUT2D eigenvalue weighted by Crippen LogP contribution is 2.43. The van der Waals surface area contributed by atoms with Gasteiger partial charge in [-0.15, -0.1) is 0 Å². The SMILES string of the molecule is CC(=O)N1C[C@H](C)N(c2cc(-c3cnc(N)c(OC(F)F)c3)nc(N3CC4CC3C4)n2)C[C@@H]1C. The van der Waals surface area contributed by atoms with E-state index in [2.05, 4.69) is 26.4 Å². The summed E-state index contributed by atoms with van der Waals surface area (Å²) in [5.74, 6) is 1.79. The summed E-state index contributed by atoms with van der Waals surface area (Å²) in [6.07, 6.45) is 3.79. The lowest BCUT2D eigenvalue weighted by Crippen LogP contribution is -2.58. The molecule has 2 aromatic heterocycles. The second-order valence-corrected chi connectivity index (χ2v) is 9.56. The maximum atomic E-state index is 12.9. The first-order chi connectivity index (χ1) is 16.2. The van der Waals surface area contributed by atoms with Crippen LogP contribution in [0.4, 0.5) is 26.4 Å². The van der Waals surface area contributed by atoms with E-state index in [0.717, 1.165) is 25.2 Å². The maximum absolute atomic E-state index is 12.9. The number of rotatable bonds is 5. The molecule has 3 saturated heterocycles. The molecule has 6 rings (SSSR count). The molecule has 1 amide bonds. The van der Waals surface area contributed by atoms with Crippen molar-refractivity contribution in [2.24, 2.45) is 5.92 Å². The highest BCUT2D eigenvalue weighted by atomic mass is 19.3. The fourth-order valence-electron chi connectivity index (χ4n) is 5.29. The lowest BCUT2D eigenvalue weighted by atomic mass is 9.86. The van der Waals surface area contributed by atoms with Crippen molar-refractivity contribution in [3.63, 3.8) is 0 Å². The number of nitrogens with two attached hydrogens (primary N) is 1. The Morgan fingerprint density at radius 2 is 1.88 bits per heavy atom. The number of hydrogen-bond acceptors (Lipinski definition) is 8.